The molecule has 0 amide bonds. The van der Waals surface area contributed by atoms with Gasteiger partial charge in [0.25, 0.3) is 10.2 Å². The summed E-state index contributed by atoms with van der Waals surface area (Å²) >= 11 is 0. The van der Waals surface area contributed by atoms with Crippen molar-refractivity contribution in [2.45, 2.75) is 51.6 Å². The summed E-state index contributed by atoms with van der Waals surface area (Å²) in [7, 11) is -3.27. The molecule has 1 unspecified atom stereocenters. The van der Waals surface area contributed by atoms with Crippen molar-refractivity contribution in [1.82, 2.24) is 13.9 Å². The SMILES string of the molecule is CCCN(C1CNC1)S(=O)(=O)N1CCCCC1C. The third-order valence-corrected chi connectivity index (χ3v) is 6.15. The van der Waals surface area contributed by atoms with E-state index >= 15 is 0 Å². The molecule has 2 fully saturated rings. The van der Waals surface area contributed by atoms with E-state index in [-0.39, 0.29) is 12.1 Å². The van der Waals surface area contributed by atoms with Gasteiger partial charge in [-0.2, -0.15) is 17.0 Å². The van der Waals surface area contributed by atoms with Crippen LogP contribution >= 0.6 is 0 Å². The topological polar surface area (TPSA) is 52.7 Å². The average molecular weight is 275 g/mol. The molecule has 0 aliphatic carbocycles. The molecule has 0 saturated carbocycles. The molecule has 0 radical (unpaired) electrons. The quantitative estimate of drug-likeness (QED) is 0.807. The minimum atomic E-state index is -3.27. The zero-order chi connectivity index (χ0) is 13.2. The molecule has 5 nitrogen and oxygen atoms in total. The van der Waals surface area contributed by atoms with E-state index in [1.807, 2.05) is 13.8 Å². The Morgan fingerprint density at radius 3 is 2.56 bits per heavy atom. The van der Waals surface area contributed by atoms with E-state index < -0.39 is 10.2 Å². The number of piperidine rings is 1. The second-order valence-corrected chi connectivity index (χ2v) is 7.22. The molecule has 2 aliphatic heterocycles. The van der Waals surface area contributed by atoms with Crippen molar-refractivity contribution in [1.29, 1.82) is 0 Å². The van der Waals surface area contributed by atoms with Crippen LogP contribution in [0.4, 0.5) is 0 Å². The van der Waals surface area contributed by atoms with E-state index in [1.54, 1.807) is 8.61 Å². The first kappa shape index (κ1) is 14.2. The van der Waals surface area contributed by atoms with Crippen LogP contribution in [0.15, 0.2) is 0 Å². The van der Waals surface area contributed by atoms with E-state index in [9.17, 15) is 8.42 Å². The average Bonchev–Trinajstić information content (AvgIpc) is 2.26. The molecule has 0 aromatic carbocycles. The van der Waals surface area contributed by atoms with Crippen molar-refractivity contribution in [3.8, 4) is 0 Å². The number of nitrogens with one attached hydrogen (secondary N) is 1. The Labute approximate surface area is 111 Å². The van der Waals surface area contributed by atoms with Gasteiger partial charge in [0.05, 0.1) is 6.04 Å². The fourth-order valence-corrected chi connectivity index (χ4v) is 4.86. The van der Waals surface area contributed by atoms with Gasteiger partial charge >= 0.3 is 0 Å². The van der Waals surface area contributed by atoms with Crippen molar-refractivity contribution >= 4 is 10.2 Å². The van der Waals surface area contributed by atoms with Crippen molar-refractivity contribution in [2.24, 2.45) is 0 Å². The Hall–Kier alpha value is -0.170. The first-order valence-corrected chi connectivity index (χ1v) is 8.46. The summed E-state index contributed by atoms with van der Waals surface area (Å²) in [6.45, 7) is 6.97. The van der Waals surface area contributed by atoms with Gasteiger partial charge in [-0.15, -0.1) is 0 Å². The van der Waals surface area contributed by atoms with Gasteiger partial charge < -0.3 is 5.32 Å². The Morgan fingerprint density at radius 1 is 1.33 bits per heavy atom. The summed E-state index contributed by atoms with van der Waals surface area (Å²) in [5.41, 5.74) is 0. The molecule has 1 atom stereocenters. The van der Waals surface area contributed by atoms with Gasteiger partial charge in [0.2, 0.25) is 0 Å². The van der Waals surface area contributed by atoms with Crippen LogP contribution in [0.25, 0.3) is 0 Å². The Kier molecular flexibility index (Phi) is 4.64. The molecule has 0 spiro atoms. The van der Waals surface area contributed by atoms with Crippen LogP contribution in [0.5, 0.6) is 0 Å². The molecule has 2 aliphatic rings. The normalized spacial score (nSPS) is 27.4. The lowest BCUT2D eigenvalue weighted by Crippen LogP contribution is -2.62. The number of nitrogens with zero attached hydrogens (tertiary/aromatic N) is 2. The minimum absolute atomic E-state index is 0.149. The highest BCUT2D eigenvalue weighted by Crippen LogP contribution is 2.24. The zero-order valence-electron chi connectivity index (χ0n) is 11.4. The third kappa shape index (κ3) is 2.71. The summed E-state index contributed by atoms with van der Waals surface area (Å²) in [5.74, 6) is 0. The molecule has 1 N–H and O–H groups in total. The molecular weight excluding hydrogens is 250 g/mol. The Bertz CT molecular complexity index is 368. The monoisotopic (exact) mass is 275 g/mol. The van der Waals surface area contributed by atoms with Crippen LogP contribution in [0.2, 0.25) is 0 Å². The highest BCUT2D eigenvalue weighted by molar-refractivity contribution is 7.86. The zero-order valence-corrected chi connectivity index (χ0v) is 12.2. The van der Waals surface area contributed by atoms with Gasteiger partial charge in [0.15, 0.2) is 0 Å². The van der Waals surface area contributed by atoms with Gasteiger partial charge in [0, 0.05) is 32.2 Å². The maximum absolute atomic E-state index is 12.7. The summed E-state index contributed by atoms with van der Waals surface area (Å²) in [5, 5.41) is 3.16. The van der Waals surface area contributed by atoms with Crippen LogP contribution in [0.3, 0.4) is 0 Å². The fraction of sp³-hybridized carbons (Fsp3) is 1.00. The van der Waals surface area contributed by atoms with E-state index in [4.69, 9.17) is 0 Å². The fourth-order valence-electron chi connectivity index (χ4n) is 2.73. The van der Waals surface area contributed by atoms with Crippen molar-refractivity contribution in [2.75, 3.05) is 26.2 Å². The van der Waals surface area contributed by atoms with Crippen LogP contribution in [-0.4, -0.2) is 55.3 Å². The summed E-state index contributed by atoms with van der Waals surface area (Å²) < 4.78 is 28.9. The summed E-state index contributed by atoms with van der Waals surface area (Å²) in [4.78, 5) is 0. The number of rotatable bonds is 5. The summed E-state index contributed by atoms with van der Waals surface area (Å²) in [6.07, 6.45) is 4.00. The van der Waals surface area contributed by atoms with Gasteiger partial charge in [-0.1, -0.05) is 13.3 Å². The standard InChI is InChI=1S/C12H25N3O2S/c1-3-7-15(12-9-13-10-12)18(16,17)14-8-5-4-6-11(14)2/h11-13H,3-10H2,1-2H3. The second kappa shape index (κ2) is 5.86. The van der Waals surface area contributed by atoms with E-state index in [1.165, 1.54) is 0 Å². The first-order valence-electron chi connectivity index (χ1n) is 7.06. The lowest BCUT2D eigenvalue weighted by atomic mass is 10.1. The molecule has 2 rings (SSSR count). The van der Waals surface area contributed by atoms with Crippen LogP contribution in [0, 0.1) is 0 Å². The lowest BCUT2D eigenvalue weighted by Gasteiger charge is -2.42. The molecule has 0 aromatic rings. The van der Waals surface area contributed by atoms with Crippen LogP contribution in [-0.2, 0) is 10.2 Å². The van der Waals surface area contributed by atoms with E-state index in [0.717, 1.165) is 38.8 Å². The molecule has 106 valence electrons. The molecule has 2 saturated heterocycles. The second-order valence-electron chi connectivity index (χ2n) is 5.39. The van der Waals surface area contributed by atoms with Crippen molar-refractivity contribution in [3.63, 3.8) is 0 Å². The minimum Gasteiger partial charge on any atom is -0.313 e. The number of hydrogen-bond donors (Lipinski definition) is 1. The lowest BCUT2D eigenvalue weighted by molar-refractivity contribution is 0.198. The van der Waals surface area contributed by atoms with Gasteiger partial charge in [-0.25, -0.2) is 0 Å². The Balaban J connectivity index is 2.15. The maximum atomic E-state index is 12.7. The molecule has 18 heavy (non-hydrogen) atoms. The molecule has 0 aromatic heterocycles. The smallest absolute Gasteiger partial charge is 0.282 e. The van der Waals surface area contributed by atoms with Crippen LogP contribution in [0.1, 0.15) is 39.5 Å². The highest BCUT2D eigenvalue weighted by atomic mass is 32.2. The highest BCUT2D eigenvalue weighted by Gasteiger charge is 2.39. The largest absolute Gasteiger partial charge is 0.313 e. The van der Waals surface area contributed by atoms with Gasteiger partial charge in [-0.05, 0) is 26.2 Å². The molecular formula is C12H25N3O2S. The Morgan fingerprint density at radius 2 is 2.06 bits per heavy atom. The molecule has 2 heterocycles. The molecule has 0 bridgehead atoms. The van der Waals surface area contributed by atoms with Crippen LogP contribution < -0.4 is 5.32 Å². The van der Waals surface area contributed by atoms with E-state index in [2.05, 4.69) is 5.32 Å². The molecule has 6 heteroatoms. The van der Waals surface area contributed by atoms with Crippen molar-refractivity contribution in [3.05, 3.63) is 0 Å². The maximum Gasteiger partial charge on any atom is 0.282 e. The first-order chi connectivity index (χ1) is 8.57. The van der Waals surface area contributed by atoms with Crippen molar-refractivity contribution < 1.29 is 8.42 Å². The predicted molar refractivity (Wildman–Crippen MR) is 72.6 cm³/mol. The third-order valence-electron chi connectivity index (χ3n) is 3.95. The number of hydrogen-bond acceptors (Lipinski definition) is 3. The summed E-state index contributed by atoms with van der Waals surface area (Å²) in [6, 6.07) is 0.306. The van der Waals surface area contributed by atoms with E-state index in [0.29, 0.717) is 13.1 Å². The van der Waals surface area contributed by atoms with Gasteiger partial charge in [-0.3, -0.25) is 0 Å². The predicted octanol–water partition coefficient (Wildman–Crippen LogP) is 0.789. The van der Waals surface area contributed by atoms with Gasteiger partial charge in [0.1, 0.15) is 0 Å².